The van der Waals surface area contributed by atoms with Crippen molar-refractivity contribution >= 4 is 17.2 Å². The summed E-state index contributed by atoms with van der Waals surface area (Å²) in [7, 11) is 0. The van der Waals surface area contributed by atoms with Crippen LogP contribution in [0.15, 0.2) is 23.3 Å². The molecule has 0 aliphatic heterocycles. The Bertz CT molecular complexity index is 657. The molecule has 0 bridgehead atoms. The molecule has 0 aliphatic rings. The molecule has 108 valence electrons. The lowest BCUT2D eigenvalue weighted by Gasteiger charge is -2.16. The van der Waals surface area contributed by atoms with E-state index in [4.69, 9.17) is 0 Å². The minimum atomic E-state index is -0.0704. The topological polar surface area (TPSA) is 46.9 Å². The summed E-state index contributed by atoms with van der Waals surface area (Å²) in [6.45, 7) is 10.2. The number of hydrogen-bond donors (Lipinski definition) is 1. The number of nitrogens with zero attached hydrogens (tertiary/aromatic N) is 2. The van der Waals surface area contributed by atoms with Gasteiger partial charge in [0.05, 0.1) is 6.04 Å². The van der Waals surface area contributed by atoms with Gasteiger partial charge in [-0.2, -0.15) is 0 Å². The van der Waals surface area contributed by atoms with E-state index >= 15 is 0 Å². The first-order chi connectivity index (χ1) is 9.40. The fourth-order valence-electron chi connectivity index (χ4n) is 2.29. The standard InChI is InChI=1S/C15H21N3OS/c1-9(2)18-7-6-16-14(15(18)19)17-11(4)13-8-10(3)20-12(13)5/h6-9,11H,1-5H3,(H,16,17). The SMILES string of the molecule is Cc1cc(C(C)Nc2nccn(C(C)C)c2=O)c(C)s1. The Morgan fingerprint density at radius 2 is 2.00 bits per heavy atom. The molecule has 2 aromatic heterocycles. The lowest BCUT2D eigenvalue weighted by Crippen LogP contribution is -2.26. The van der Waals surface area contributed by atoms with Crippen LogP contribution in [-0.2, 0) is 0 Å². The molecule has 1 N–H and O–H groups in total. The molecule has 4 nitrogen and oxygen atoms in total. The Morgan fingerprint density at radius 3 is 2.55 bits per heavy atom. The molecule has 0 amide bonds. The molecular formula is C15H21N3OS. The van der Waals surface area contributed by atoms with E-state index in [2.05, 4.69) is 37.1 Å². The molecule has 5 heteroatoms. The summed E-state index contributed by atoms with van der Waals surface area (Å²) in [5, 5.41) is 3.24. The molecule has 2 aromatic rings. The third-order valence-corrected chi connectivity index (χ3v) is 4.31. The first-order valence-corrected chi connectivity index (χ1v) is 7.62. The second-order valence-electron chi connectivity index (χ2n) is 5.32. The number of aromatic nitrogens is 2. The van der Waals surface area contributed by atoms with Crippen molar-refractivity contribution in [3.63, 3.8) is 0 Å². The van der Waals surface area contributed by atoms with Crippen LogP contribution < -0.4 is 10.9 Å². The maximum Gasteiger partial charge on any atom is 0.293 e. The fraction of sp³-hybridized carbons (Fsp3) is 0.467. The molecule has 1 unspecified atom stereocenters. The van der Waals surface area contributed by atoms with Crippen molar-refractivity contribution in [2.24, 2.45) is 0 Å². The van der Waals surface area contributed by atoms with Gasteiger partial charge in [-0.25, -0.2) is 4.98 Å². The van der Waals surface area contributed by atoms with Crippen molar-refractivity contribution in [1.29, 1.82) is 0 Å². The maximum absolute atomic E-state index is 12.3. The zero-order valence-electron chi connectivity index (χ0n) is 12.6. The fourth-order valence-corrected chi connectivity index (χ4v) is 3.32. The van der Waals surface area contributed by atoms with Gasteiger partial charge in [-0.15, -0.1) is 11.3 Å². The van der Waals surface area contributed by atoms with Crippen LogP contribution in [0.2, 0.25) is 0 Å². The number of rotatable bonds is 4. The third kappa shape index (κ3) is 2.93. The lowest BCUT2D eigenvalue weighted by molar-refractivity contribution is 0.574. The molecule has 0 saturated heterocycles. The number of anilines is 1. The summed E-state index contributed by atoms with van der Waals surface area (Å²) in [5.74, 6) is 0.414. The van der Waals surface area contributed by atoms with E-state index in [1.807, 2.05) is 13.8 Å². The first-order valence-electron chi connectivity index (χ1n) is 6.80. The van der Waals surface area contributed by atoms with E-state index in [1.165, 1.54) is 15.3 Å². The Balaban J connectivity index is 2.29. The van der Waals surface area contributed by atoms with Gasteiger partial charge in [-0.3, -0.25) is 4.79 Å². The number of hydrogen-bond acceptors (Lipinski definition) is 4. The van der Waals surface area contributed by atoms with E-state index in [-0.39, 0.29) is 17.6 Å². The Morgan fingerprint density at radius 1 is 1.30 bits per heavy atom. The molecule has 0 aliphatic carbocycles. The highest BCUT2D eigenvalue weighted by atomic mass is 32.1. The van der Waals surface area contributed by atoms with Gasteiger partial charge in [0.25, 0.3) is 5.56 Å². The van der Waals surface area contributed by atoms with E-state index < -0.39 is 0 Å². The van der Waals surface area contributed by atoms with Crippen molar-refractivity contribution in [2.45, 2.75) is 46.7 Å². The highest BCUT2D eigenvalue weighted by Gasteiger charge is 2.14. The quantitative estimate of drug-likeness (QED) is 0.934. The number of nitrogens with one attached hydrogen (secondary N) is 1. The Labute approximate surface area is 123 Å². The maximum atomic E-state index is 12.3. The van der Waals surface area contributed by atoms with E-state index in [1.54, 1.807) is 28.3 Å². The van der Waals surface area contributed by atoms with Gasteiger partial charge >= 0.3 is 0 Å². The van der Waals surface area contributed by atoms with E-state index in [0.717, 1.165) is 0 Å². The Kier molecular flexibility index (Phi) is 4.28. The minimum absolute atomic E-state index is 0.0704. The number of thiophene rings is 1. The summed E-state index contributed by atoms with van der Waals surface area (Å²) in [6.07, 6.45) is 3.39. The van der Waals surface area contributed by atoms with Crippen molar-refractivity contribution in [2.75, 3.05) is 5.32 Å². The molecule has 2 rings (SSSR count). The summed E-state index contributed by atoms with van der Waals surface area (Å²) in [4.78, 5) is 19.1. The Hall–Kier alpha value is -1.62. The molecule has 0 saturated carbocycles. The van der Waals surface area contributed by atoms with Crippen LogP contribution in [-0.4, -0.2) is 9.55 Å². The van der Waals surface area contributed by atoms with Gasteiger partial charge in [-0.1, -0.05) is 0 Å². The predicted octanol–water partition coefficient (Wildman–Crippen LogP) is 3.68. The zero-order chi connectivity index (χ0) is 14.9. The molecule has 0 fully saturated rings. The molecule has 0 spiro atoms. The van der Waals surface area contributed by atoms with Crippen molar-refractivity contribution in [3.05, 3.63) is 44.1 Å². The smallest absolute Gasteiger partial charge is 0.293 e. The van der Waals surface area contributed by atoms with Crippen molar-refractivity contribution in [3.8, 4) is 0 Å². The average Bonchev–Trinajstić information content (AvgIpc) is 2.70. The van der Waals surface area contributed by atoms with E-state index in [9.17, 15) is 4.79 Å². The van der Waals surface area contributed by atoms with E-state index in [0.29, 0.717) is 5.82 Å². The molecule has 2 heterocycles. The average molecular weight is 291 g/mol. The van der Waals surface area contributed by atoms with Gasteiger partial charge in [0, 0.05) is 28.2 Å². The van der Waals surface area contributed by atoms with Gasteiger partial charge in [0.1, 0.15) is 0 Å². The monoisotopic (exact) mass is 291 g/mol. The second kappa shape index (κ2) is 5.79. The summed E-state index contributed by atoms with van der Waals surface area (Å²) in [5.41, 5.74) is 1.16. The summed E-state index contributed by atoms with van der Waals surface area (Å²) in [6, 6.07) is 2.37. The lowest BCUT2D eigenvalue weighted by atomic mass is 10.1. The van der Waals surface area contributed by atoms with Gasteiger partial charge in [-0.05, 0) is 46.2 Å². The molecule has 20 heavy (non-hydrogen) atoms. The minimum Gasteiger partial charge on any atom is -0.359 e. The molecule has 0 aromatic carbocycles. The van der Waals surface area contributed by atoms with Crippen molar-refractivity contribution < 1.29 is 0 Å². The summed E-state index contributed by atoms with van der Waals surface area (Å²) < 4.78 is 1.69. The van der Waals surface area contributed by atoms with Gasteiger partial charge in [0.2, 0.25) is 0 Å². The second-order valence-corrected chi connectivity index (χ2v) is 6.78. The van der Waals surface area contributed by atoms with Crippen LogP contribution >= 0.6 is 11.3 Å². The molecule has 1 atom stereocenters. The van der Waals surface area contributed by atoms with Crippen LogP contribution in [0.1, 0.15) is 48.2 Å². The van der Waals surface area contributed by atoms with Crippen LogP contribution in [0, 0.1) is 13.8 Å². The van der Waals surface area contributed by atoms with Crippen LogP contribution in [0.25, 0.3) is 0 Å². The van der Waals surface area contributed by atoms with Crippen molar-refractivity contribution in [1.82, 2.24) is 9.55 Å². The number of aryl methyl sites for hydroxylation is 2. The largest absolute Gasteiger partial charge is 0.359 e. The molecular weight excluding hydrogens is 270 g/mol. The predicted molar refractivity (Wildman–Crippen MR) is 84.7 cm³/mol. The third-order valence-electron chi connectivity index (χ3n) is 3.32. The van der Waals surface area contributed by atoms with Crippen LogP contribution in [0.3, 0.4) is 0 Å². The zero-order valence-corrected chi connectivity index (χ0v) is 13.4. The highest BCUT2D eigenvalue weighted by molar-refractivity contribution is 7.12. The van der Waals surface area contributed by atoms with Crippen LogP contribution in [0.5, 0.6) is 0 Å². The van der Waals surface area contributed by atoms with Crippen LogP contribution in [0.4, 0.5) is 5.82 Å². The molecule has 0 radical (unpaired) electrons. The highest BCUT2D eigenvalue weighted by Crippen LogP contribution is 2.27. The van der Waals surface area contributed by atoms with Gasteiger partial charge < -0.3 is 9.88 Å². The summed E-state index contributed by atoms with van der Waals surface area (Å²) >= 11 is 1.78. The van der Waals surface area contributed by atoms with Gasteiger partial charge in [0.15, 0.2) is 5.82 Å². The first kappa shape index (κ1) is 14.8. The normalized spacial score (nSPS) is 12.7.